The number of halogens is 3. The number of carbonyl (C=O) groups is 2. The Bertz CT molecular complexity index is 1170. The number of fused-ring (bicyclic) bond motifs is 5. The molecule has 1 aromatic carbocycles. The van der Waals surface area contributed by atoms with Crippen molar-refractivity contribution in [2.75, 3.05) is 6.54 Å². The molecule has 7 heteroatoms. The number of benzene rings is 1. The molecule has 6 rings (SSSR count). The van der Waals surface area contributed by atoms with Crippen LogP contribution in [0, 0.1) is 34.5 Å². The molecule has 0 aromatic heterocycles. The molecule has 4 nitrogen and oxygen atoms in total. The van der Waals surface area contributed by atoms with Gasteiger partial charge in [0.15, 0.2) is 0 Å². The smallest absolute Gasteiger partial charge is 0.346 e. The predicted molar refractivity (Wildman–Crippen MR) is 140 cm³/mol. The molecule has 4 fully saturated rings. The van der Waals surface area contributed by atoms with Gasteiger partial charge in [-0.25, -0.2) is 0 Å². The van der Waals surface area contributed by atoms with E-state index in [-0.39, 0.29) is 22.7 Å². The summed E-state index contributed by atoms with van der Waals surface area (Å²) < 4.78 is 40.5. The molecule has 4 saturated carbocycles. The first-order valence-electron chi connectivity index (χ1n) is 14.5. The number of Topliss-reactive ketones (excluding diaryl/α,β-unsaturated/α-hetero) is 1. The van der Waals surface area contributed by atoms with Crippen molar-refractivity contribution in [1.82, 2.24) is 5.32 Å². The van der Waals surface area contributed by atoms with Gasteiger partial charge in [-0.1, -0.05) is 38.8 Å². The SMILES string of the molecule is C[C@]12CCC(=O)CC1=NC[C@@H]1[C@H]2CC[C@]2(C)C(C(=O)NC3(c4cccc(C(F)(F)F)c4)CCCC3)CC[C@@H]12. The molecule has 0 saturated heterocycles. The average molecular weight is 529 g/mol. The number of hydrogen-bond donors (Lipinski definition) is 1. The maximum atomic E-state index is 14.0. The highest BCUT2D eigenvalue weighted by atomic mass is 19.4. The van der Waals surface area contributed by atoms with E-state index in [0.29, 0.717) is 54.8 Å². The lowest BCUT2D eigenvalue weighted by Gasteiger charge is -2.56. The topological polar surface area (TPSA) is 58.5 Å². The van der Waals surface area contributed by atoms with Crippen molar-refractivity contribution in [3.8, 4) is 0 Å². The summed E-state index contributed by atoms with van der Waals surface area (Å²) in [6, 6.07) is 5.56. The third-order valence-corrected chi connectivity index (χ3v) is 11.6. The molecule has 0 radical (unpaired) electrons. The standard InChI is InChI=1S/C31H39F3N2O2/c1-28-15-11-24-22(18-35-26-17-21(37)10-14-29(24,26)2)23(28)8-9-25(28)27(38)36-30(12-3-4-13-30)19-6-5-7-20(16-19)31(32,33)34/h5-7,16,22-25H,3-4,8-15,17-18H2,1-2H3,(H,36,38)/t22-,23-,24+,25?,28-,29+/m0/s1. The Morgan fingerprint density at radius 1 is 1.03 bits per heavy atom. The summed E-state index contributed by atoms with van der Waals surface area (Å²) in [4.78, 5) is 31.1. The van der Waals surface area contributed by atoms with E-state index in [9.17, 15) is 22.8 Å². The third-order valence-electron chi connectivity index (χ3n) is 11.6. The van der Waals surface area contributed by atoms with E-state index >= 15 is 0 Å². The Morgan fingerprint density at radius 2 is 1.79 bits per heavy atom. The summed E-state index contributed by atoms with van der Waals surface area (Å²) in [6.07, 6.45) is 4.60. The molecule has 0 spiro atoms. The molecule has 4 aliphatic carbocycles. The average Bonchev–Trinajstić information content (AvgIpc) is 3.49. The molecule has 5 aliphatic rings. The van der Waals surface area contributed by atoms with Crippen molar-refractivity contribution in [3.05, 3.63) is 35.4 Å². The fourth-order valence-electron chi connectivity index (χ4n) is 9.42. The Kier molecular flexibility index (Phi) is 6.12. The number of rotatable bonds is 3. The molecular formula is C31H39F3N2O2. The van der Waals surface area contributed by atoms with Crippen molar-refractivity contribution in [2.45, 2.75) is 96.2 Å². The number of amides is 1. The van der Waals surface area contributed by atoms with E-state index in [1.165, 1.54) is 12.1 Å². The van der Waals surface area contributed by atoms with E-state index < -0.39 is 17.3 Å². The van der Waals surface area contributed by atoms with E-state index in [2.05, 4.69) is 19.2 Å². The molecule has 206 valence electrons. The van der Waals surface area contributed by atoms with Gasteiger partial charge in [0, 0.05) is 36.4 Å². The van der Waals surface area contributed by atoms with E-state index in [1.807, 2.05) is 0 Å². The van der Waals surface area contributed by atoms with Crippen LogP contribution in [0.25, 0.3) is 0 Å². The third kappa shape index (κ3) is 3.97. The van der Waals surface area contributed by atoms with Gasteiger partial charge < -0.3 is 5.32 Å². The summed E-state index contributed by atoms with van der Waals surface area (Å²) in [7, 11) is 0. The molecule has 1 unspecified atom stereocenters. The van der Waals surface area contributed by atoms with Gasteiger partial charge in [-0.2, -0.15) is 13.2 Å². The number of carbonyl (C=O) groups excluding carboxylic acids is 2. The lowest BCUT2D eigenvalue weighted by molar-refractivity contribution is -0.137. The molecule has 6 atom stereocenters. The Hall–Kier alpha value is -2.18. The zero-order valence-corrected chi connectivity index (χ0v) is 22.5. The quantitative estimate of drug-likeness (QED) is 0.466. The number of nitrogens with zero attached hydrogens (tertiary/aromatic N) is 1. The Labute approximate surface area is 223 Å². The van der Waals surface area contributed by atoms with Crippen LogP contribution >= 0.6 is 0 Å². The monoisotopic (exact) mass is 528 g/mol. The van der Waals surface area contributed by atoms with Gasteiger partial charge >= 0.3 is 6.18 Å². The Morgan fingerprint density at radius 3 is 2.53 bits per heavy atom. The van der Waals surface area contributed by atoms with E-state index in [4.69, 9.17) is 4.99 Å². The summed E-state index contributed by atoms with van der Waals surface area (Å²) in [5.74, 6) is 1.53. The molecule has 1 N–H and O–H groups in total. The summed E-state index contributed by atoms with van der Waals surface area (Å²) in [5.41, 5.74) is 0.168. The molecule has 1 heterocycles. The number of ketones is 1. The van der Waals surface area contributed by atoms with Crippen LogP contribution in [-0.2, 0) is 21.3 Å². The van der Waals surface area contributed by atoms with Crippen LogP contribution < -0.4 is 5.32 Å². The summed E-state index contributed by atoms with van der Waals surface area (Å²) in [5, 5.41) is 3.35. The van der Waals surface area contributed by atoms with Gasteiger partial charge in [-0.15, -0.1) is 0 Å². The first kappa shape index (κ1) is 26.1. The minimum absolute atomic E-state index is 0.00406. The lowest BCUT2D eigenvalue weighted by atomic mass is 9.49. The number of nitrogens with one attached hydrogen (secondary N) is 1. The minimum Gasteiger partial charge on any atom is -0.346 e. The van der Waals surface area contributed by atoms with Crippen LogP contribution in [-0.4, -0.2) is 23.9 Å². The Balaban J connectivity index is 1.24. The number of aliphatic imine (C=N–C) groups is 1. The molecular weight excluding hydrogens is 489 g/mol. The van der Waals surface area contributed by atoms with Gasteiger partial charge in [-0.05, 0) is 85.8 Å². The van der Waals surface area contributed by atoms with Crippen molar-refractivity contribution in [2.24, 2.45) is 39.5 Å². The second kappa shape index (κ2) is 8.92. The van der Waals surface area contributed by atoms with Crippen LogP contribution in [0.3, 0.4) is 0 Å². The van der Waals surface area contributed by atoms with Crippen LogP contribution in [0.5, 0.6) is 0 Å². The predicted octanol–water partition coefficient (Wildman–Crippen LogP) is 6.86. The van der Waals surface area contributed by atoms with E-state index in [1.54, 1.807) is 6.07 Å². The maximum absolute atomic E-state index is 14.0. The fraction of sp³-hybridized carbons (Fsp3) is 0.710. The normalized spacial score (nSPS) is 38.1. The zero-order valence-electron chi connectivity index (χ0n) is 22.5. The van der Waals surface area contributed by atoms with Crippen molar-refractivity contribution in [1.29, 1.82) is 0 Å². The molecule has 38 heavy (non-hydrogen) atoms. The van der Waals surface area contributed by atoms with Crippen molar-refractivity contribution < 1.29 is 22.8 Å². The molecule has 1 aliphatic heterocycles. The molecule has 1 amide bonds. The summed E-state index contributed by atoms with van der Waals surface area (Å²) >= 11 is 0. The van der Waals surface area contributed by atoms with E-state index in [0.717, 1.165) is 63.3 Å². The first-order chi connectivity index (χ1) is 18.0. The van der Waals surface area contributed by atoms with Crippen LogP contribution in [0.15, 0.2) is 29.3 Å². The van der Waals surface area contributed by atoms with Crippen LogP contribution in [0.4, 0.5) is 13.2 Å². The molecule has 0 bridgehead atoms. The van der Waals surface area contributed by atoms with Gasteiger partial charge in [0.05, 0.1) is 11.1 Å². The minimum atomic E-state index is -4.41. The van der Waals surface area contributed by atoms with Gasteiger partial charge in [-0.3, -0.25) is 14.6 Å². The maximum Gasteiger partial charge on any atom is 0.416 e. The second-order valence-corrected chi connectivity index (χ2v) is 13.3. The van der Waals surface area contributed by atoms with Crippen LogP contribution in [0.2, 0.25) is 0 Å². The molecule has 1 aromatic rings. The highest BCUT2D eigenvalue weighted by molar-refractivity contribution is 6.07. The lowest BCUT2D eigenvalue weighted by Crippen LogP contribution is -2.56. The highest BCUT2D eigenvalue weighted by Crippen LogP contribution is 2.64. The number of alkyl halides is 3. The largest absolute Gasteiger partial charge is 0.416 e. The van der Waals surface area contributed by atoms with Gasteiger partial charge in [0.2, 0.25) is 5.91 Å². The highest BCUT2D eigenvalue weighted by Gasteiger charge is 2.61. The fourth-order valence-corrected chi connectivity index (χ4v) is 9.42. The second-order valence-electron chi connectivity index (χ2n) is 13.3. The number of hydrogen-bond acceptors (Lipinski definition) is 3. The summed E-state index contributed by atoms with van der Waals surface area (Å²) in [6.45, 7) is 5.35. The first-order valence-corrected chi connectivity index (χ1v) is 14.5. The van der Waals surface area contributed by atoms with Gasteiger partial charge in [0.1, 0.15) is 5.78 Å². The zero-order chi connectivity index (χ0) is 26.9. The van der Waals surface area contributed by atoms with Crippen molar-refractivity contribution >= 4 is 17.4 Å². The van der Waals surface area contributed by atoms with Crippen molar-refractivity contribution in [3.63, 3.8) is 0 Å². The van der Waals surface area contributed by atoms with Crippen LogP contribution in [0.1, 0.15) is 95.6 Å². The van der Waals surface area contributed by atoms with Gasteiger partial charge in [0.25, 0.3) is 0 Å².